The molecule has 1 amide bonds. The molecule has 1 unspecified atom stereocenters. The van der Waals surface area contributed by atoms with Crippen LogP contribution in [0.5, 0.6) is 5.75 Å². The number of aromatic nitrogens is 2. The first-order valence-corrected chi connectivity index (χ1v) is 9.58. The lowest BCUT2D eigenvalue weighted by Gasteiger charge is -2.33. The highest BCUT2D eigenvalue weighted by Crippen LogP contribution is 2.24. The van der Waals surface area contributed by atoms with E-state index in [4.69, 9.17) is 4.74 Å². The highest BCUT2D eigenvalue weighted by molar-refractivity contribution is 6.05. The predicted molar refractivity (Wildman–Crippen MR) is 108 cm³/mol. The first kappa shape index (κ1) is 18.2. The van der Waals surface area contributed by atoms with Gasteiger partial charge >= 0.3 is 0 Å². The summed E-state index contributed by atoms with van der Waals surface area (Å²) < 4.78 is 6.69. The van der Waals surface area contributed by atoms with Crippen LogP contribution in [-0.2, 0) is 0 Å². The molecule has 2 aromatic carbocycles. The number of nitrogens with zero attached hydrogens (tertiary/aromatic N) is 3. The van der Waals surface area contributed by atoms with Gasteiger partial charge in [0.15, 0.2) is 5.69 Å². The van der Waals surface area contributed by atoms with E-state index in [1.165, 1.54) is 4.68 Å². The molecule has 144 valence electrons. The molecule has 3 aromatic rings. The van der Waals surface area contributed by atoms with E-state index in [0.29, 0.717) is 34.4 Å². The molecule has 0 radical (unpaired) electrons. The van der Waals surface area contributed by atoms with Crippen molar-refractivity contribution in [2.24, 2.45) is 0 Å². The molecule has 0 bridgehead atoms. The molecule has 1 aromatic heterocycles. The summed E-state index contributed by atoms with van der Waals surface area (Å²) in [5, 5.41) is 5.58. The number of hydrogen-bond donors (Lipinski definition) is 0. The number of likely N-dealkylation sites (tertiary alicyclic amines) is 1. The van der Waals surface area contributed by atoms with Crippen LogP contribution < -0.4 is 10.3 Å². The zero-order valence-corrected chi connectivity index (χ0v) is 16.1. The summed E-state index contributed by atoms with van der Waals surface area (Å²) >= 11 is 0. The number of para-hydroxylation sites is 2. The van der Waals surface area contributed by atoms with Crippen LogP contribution in [0.25, 0.3) is 16.5 Å². The molecule has 6 heteroatoms. The van der Waals surface area contributed by atoms with Crippen molar-refractivity contribution in [2.75, 3.05) is 13.7 Å². The summed E-state index contributed by atoms with van der Waals surface area (Å²) in [4.78, 5) is 28.4. The Morgan fingerprint density at radius 2 is 1.79 bits per heavy atom. The second-order valence-corrected chi connectivity index (χ2v) is 7.13. The van der Waals surface area contributed by atoms with E-state index < -0.39 is 0 Å². The maximum absolute atomic E-state index is 13.4. The molecule has 0 aliphatic carbocycles. The van der Waals surface area contributed by atoms with E-state index in [1.54, 1.807) is 37.4 Å². The van der Waals surface area contributed by atoms with E-state index in [-0.39, 0.29) is 17.5 Å². The molecule has 0 saturated carbocycles. The Morgan fingerprint density at radius 3 is 2.54 bits per heavy atom. The van der Waals surface area contributed by atoms with Gasteiger partial charge in [-0.25, -0.2) is 0 Å². The lowest BCUT2D eigenvalue weighted by Crippen LogP contribution is -2.43. The largest absolute Gasteiger partial charge is 0.494 e. The normalized spacial score (nSPS) is 16.9. The minimum absolute atomic E-state index is 0.132. The number of ether oxygens (including phenoxy) is 1. The van der Waals surface area contributed by atoms with Gasteiger partial charge in [0.2, 0.25) is 0 Å². The smallest absolute Gasteiger partial charge is 0.279 e. The van der Waals surface area contributed by atoms with Gasteiger partial charge in [0.05, 0.1) is 12.5 Å². The van der Waals surface area contributed by atoms with E-state index in [9.17, 15) is 9.59 Å². The van der Waals surface area contributed by atoms with Crippen molar-refractivity contribution in [1.29, 1.82) is 0 Å². The predicted octanol–water partition coefficient (Wildman–Crippen LogP) is 3.41. The highest BCUT2D eigenvalue weighted by atomic mass is 16.5. The molecule has 2 heterocycles. The Balaban J connectivity index is 1.95. The van der Waals surface area contributed by atoms with E-state index in [1.807, 2.05) is 23.1 Å². The number of piperidine rings is 1. The van der Waals surface area contributed by atoms with Crippen LogP contribution in [0.4, 0.5) is 0 Å². The molecular weight excluding hydrogens is 354 g/mol. The second kappa shape index (κ2) is 7.46. The van der Waals surface area contributed by atoms with Gasteiger partial charge in [0.1, 0.15) is 11.4 Å². The number of methoxy groups -OCH3 is 1. The molecule has 1 atom stereocenters. The molecule has 1 aliphatic heterocycles. The number of carbonyl (C=O) groups excluding carboxylic acids is 1. The van der Waals surface area contributed by atoms with Gasteiger partial charge < -0.3 is 9.64 Å². The van der Waals surface area contributed by atoms with Crippen molar-refractivity contribution < 1.29 is 9.53 Å². The third-order valence-electron chi connectivity index (χ3n) is 5.38. The third kappa shape index (κ3) is 3.05. The van der Waals surface area contributed by atoms with Crippen molar-refractivity contribution in [3.05, 3.63) is 64.6 Å². The fourth-order valence-corrected chi connectivity index (χ4v) is 3.85. The van der Waals surface area contributed by atoms with Crippen LogP contribution in [0.1, 0.15) is 36.7 Å². The van der Waals surface area contributed by atoms with Crippen LogP contribution in [0.15, 0.2) is 53.3 Å². The fraction of sp³-hybridized carbons (Fsp3) is 0.318. The van der Waals surface area contributed by atoms with Gasteiger partial charge in [-0.2, -0.15) is 9.78 Å². The zero-order chi connectivity index (χ0) is 19.7. The van der Waals surface area contributed by atoms with Crippen molar-refractivity contribution in [3.63, 3.8) is 0 Å². The summed E-state index contributed by atoms with van der Waals surface area (Å²) in [6.45, 7) is 2.78. The number of hydrogen-bond acceptors (Lipinski definition) is 4. The number of carbonyl (C=O) groups is 1. The van der Waals surface area contributed by atoms with Gasteiger partial charge in [0.25, 0.3) is 11.5 Å². The molecule has 1 saturated heterocycles. The first-order valence-electron chi connectivity index (χ1n) is 9.58. The van der Waals surface area contributed by atoms with Crippen LogP contribution in [-0.4, -0.2) is 40.3 Å². The van der Waals surface area contributed by atoms with Crippen molar-refractivity contribution in [2.45, 2.75) is 32.2 Å². The summed E-state index contributed by atoms with van der Waals surface area (Å²) in [7, 11) is 1.55. The lowest BCUT2D eigenvalue weighted by atomic mass is 10.0. The van der Waals surface area contributed by atoms with Crippen molar-refractivity contribution >= 4 is 16.7 Å². The van der Waals surface area contributed by atoms with Crippen molar-refractivity contribution in [1.82, 2.24) is 14.7 Å². The number of rotatable bonds is 3. The number of amides is 1. The van der Waals surface area contributed by atoms with Crippen LogP contribution >= 0.6 is 0 Å². The Bertz CT molecular complexity index is 1090. The van der Waals surface area contributed by atoms with Gasteiger partial charge in [-0.05, 0) is 44.4 Å². The van der Waals surface area contributed by atoms with Gasteiger partial charge in [-0.3, -0.25) is 9.59 Å². The SMILES string of the molecule is COc1ccccc1-n1nc(C(=O)N2CCCCC2C)c2ccccc2c1=O. The first-order chi connectivity index (χ1) is 13.6. The summed E-state index contributed by atoms with van der Waals surface area (Å²) in [5.41, 5.74) is 0.541. The fourth-order valence-electron chi connectivity index (χ4n) is 3.85. The van der Waals surface area contributed by atoms with E-state index >= 15 is 0 Å². The van der Waals surface area contributed by atoms with Crippen LogP contribution in [0.3, 0.4) is 0 Å². The van der Waals surface area contributed by atoms with Crippen LogP contribution in [0, 0.1) is 0 Å². The Kier molecular flexibility index (Phi) is 4.86. The van der Waals surface area contributed by atoms with Gasteiger partial charge in [-0.1, -0.05) is 30.3 Å². The molecule has 1 aliphatic rings. The van der Waals surface area contributed by atoms with Gasteiger partial charge in [-0.15, -0.1) is 0 Å². The van der Waals surface area contributed by atoms with E-state index in [0.717, 1.165) is 19.3 Å². The average molecular weight is 377 g/mol. The monoisotopic (exact) mass is 377 g/mol. The highest BCUT2D eigenvalue weighted by Gasteiger charge is 2.28. The standard InChI is InChI=1S/C22H23N3O3/c1-15-9-7-8-14-24(15)22(27)20-16-10-3-4-11-17(16)21(26)25(23-20)18-12-5-6-13-19(18)28-2/h3-6,10-13,15H,7-9,14H2,1-2H3. The molecular formula is C22H23N3O3. The maximum atomic E-state index is 13.4. The molecule has 28 heavy (non-hydrogen) atoms. The minimum Gasteiger partial charge on any atom is -0.494 e. The maximum Gasteiger partial charge on any atom is 0.279 e. The molecule has 1 fully saturated rings. The number of benzene rings is 2. The van der Waals surface area contributed by atoms with Crippen molar-refractivity contribution in [3.8, 4) is 11.4 Å². The average Bonchev–Trinajstić information content (AvgIpc) is 2.74. The molecule has 0 spiro atoms. The topological polar surface area (TPSA) is 64.4 Å². The number of fused-ring (bicyclic) bond motifs is 1. The van der Waals surface area contributed by atoms with E-state index in [2.05, 4.69) is 12.0 Å². The lowest BCUT2D eigenvalue weighted by molar-refractivity contribution is 0.0630. The molecule has 4 rings (SSSR count). The Hall–Kier alpha value is -3.15. The molecule has 0 N–H and O–H groups in total. The second-order valence-electron chi connectivity index (χ2n) is 7.13. The van der Waals surface area contributed by atoms with Gasteiger partial charge in [0, 0.05) is 18.0 Å². The van der Waals surface area contributed by atoms with Crippen LogP contribution in [0.2, 0.25) is 0 Å². The quantitative estimate of drug-likeness (QED) is 0.702. The summed E-state index contributed by atoms with van der Waals surface area (Å²) in [5.74, 6) is 0.393. The molecule has 6 nitrogen and oxygen atoms in total. The minimum atomic E-state index is -0.275. The summed E-state index contributed by atoms with van der Waals surface area (Å²) in [6, 6.07) is 14.5. The Morgan fingerprint density at radius 1 is 1.07 bits per heavy atom. The zero-order valence-electron chi connectivity index (χ0n) is 16.1. The summed E-state index contributed by atoms with van der Waals surface area (Å²) in [6.07, 6.45) is 3.09. The Labute approximate surface area is 163 Å². The third-order valence-corrected chi connectivity index (χ3v) is 5.38.